The zero-order valence-corrected chi connectivity index (χ0v) is 14.3. The maximum atomic E-state index is 4.81. The predicted molar refractivity (Wildman–Crippen MR) is 89.2 cm³/mol. The Balaban J connectivity index is 2.25. The van der Waals surface area contributed by atoms with Gasteiger partial charge >= 0.3 is 0 Å². The van der Waals surface area contributed by atoms with Gasteiger partial charge in [-0.2, -0.15) is 0 Å². The normalized spacial score (nSPS) is 17.8. The smallest absolute Gasteiger partial charge is 0.138 e. The molecule has 21 heavy (non-hydrogen) atoms. The van der Waals surface area contributed by atoms with Gasteiger partial charge in [-0.1, -0.05) is 20.8 Å². The Bertz CT molecular complexity index is 472. The first-order chi connectivity index (χ1) is 9.81. The van der Waals surface area contributed by atoms with Crippen LogP contribution in [0.1, 0.15) is 39.4 Å². The summed E-state index contributed by atoms with van der Waals surface area (Å²) in [5, 5.41) is 3.16. The Morgan fingerprint density at radius 2 is 1.86 bits per heavy atom. The molecule has 5 heteroatoms. The summed E-state index contributed by atoms with van der Waals surface area (Å²) in [4.78, 5) is 14.1. The SMILES string of the molecule is CNc1cc(N(C)C2CCN(C)CC2)nc(C(C)(C)C)n1. The molecule has 1 aliphatic rings. The quantitative estimate of drug-likeness (QED) is 0.926. The number of rotatable bonds is 3. The number of nitrogens with one attached hydrogen (secondary N) is 1. The first kappa shape index (κ1) is 16.0. The third-order valence-electron chi connectivity index (χ3n) is 4.24. The zero-order chi connectivity index (χ0) is 15.6. The van der Waals surface area contributed by atoms with Crippen molar-refractivity contribution in [3.8, 4) is 0 Å². The molecule has 2 heterocycles. The van der Waals surface area contributed by atoms with E-state index in [4.69, 9.17) is 4.98 Å². The third-order valence-corrected chi connectivity index (χ3v) is 4.24. The fourth-order valence-corrected chi connectivity index (χ4v) is 2.65. The zero-order valence-electron chi connectivity index (χ0n) is 14.3. The highest BCUT2D eigenvalue weighted by atomic mass is 15.2. The molecule has 1 saturated heterocycles. The summed E-state index contributed by atoms with van der Waals surface area (Å²) in [6.07, 6.45) is 2.38. The molecule has 0 aliphatic carbocycles. The van der Waals surface area contributed by atoms with Gasteiger partial charge in [0.25, 0.3) is 0 Å². The van der Waals surface area contributed by atoms with E-state index >= 15 is 0 Å². The van der Waals surface area contributed by atoms with Crippen molar-refractivity contribution < 1.29 is 0 Å². The summed E-state index contributed by atoms with van der Waals surface area (Å²) < 4.78 is 0. The minimum atomic E-state index is -0.0464. The lowest BCUT2D eigenvalue weighted by Gasteiger charge is -2.36. The largest absolute Gasteiger partial charge is 0.373 e. The summed E-state index contributed by atoms with van der Waals surface area (Å²) in [5.74, 6) is 2.81. The molecule has 0 atom stereocenters. The summed E-state index contributed by atoms with van der Waals surface area (Å²) in [7, 11) is 6.26. The van der Waals surface area contributed by atoms with Crippen LogP contribution in [-0.2, 0) is 5.41 Å². The van der Waals surface area contributed by atoms with Crippen LogP contribution < -0.4 is 10.2 Å². The van der Waals surface area contributed by atoms with E-state index in [0.717, 1.165) is 30.5 Å². The monoisotopic (exact) mass is 291 g/mol. The maximum Gasteiger partial charge on any atom is 0.138 e. The first-order valence-corrected chi connectivity index (χ1v) is 7.80. The molecule has 0 unspecified atom stereocenters. The Morgan fingerprint density at radius 1 is 1.24 bits per heavy atom. The second-order valence-corrected chi connectivity index (χ2v) is 7.08. The van der Waals surface area contributed by atoms with E-state index in [0.29, 0.717) is 6.04 Å². The summed E-state index contributed by atoms with van der Waals surface area (Å²) in [6.45, 7) is 8.78. The molecule has 1 fully saturated rings. The molecule has 1 N–H and O–H groups in total. The van der Waals surface area contributed by atoms with Gasteiger partial charge in [0.05, 0.1) is 0 Å². The van der Waals surface area contributed by atoms with Gasteiger partial charge in [-0.05, 0) is 33.0 Å². The van der Waals surface area contributed by atoms with Crippen LogP contribution in [0.25, 0.3) is 0 Å². The Hall–Kier alpha value is -1.36. The van der Waals surface area contributed by atoms with E-state index in [9.17, 15) is 0 Å². The van der Waals surface area contributed by atoms with Gasteiger partial charge in [0.15, 0.2) is 0 Å². The van der Waals surface area contributed by atoms with Crippen LogP contribution in [0.15, 0.2) is 6.07 Å². The van der Waals surface area contributed by atoms with E-state index in [2.05, 4.69) is 55.0 Å². The second kappa shape index (κ2) is 6.18. The van der Waals surface area contributed by atoms with Gasteiger partial charge in [0.1, 0.15) is 17.5 Å². The minimum absolute atomic E-state index is 0.0464. The van der Waals surface area contributed by atoms with Crippen LogP contribution in [-0.4, -0.2) is 55.1 Å². The molecule has 0 bridgehead atoms. The number of hydrogen-bond acceptors (Lipinski definition) is 5. The van der Waals surface area contributed by atoms with Crippen LogP contribution >= 0.6 is 0 Å². The minimum Gasteiger partial charge on any atom is -0.373 e. The molecule has 1 aliphatic heterocycles. The second-order valence-electron chi connectivity index (χ2n) is 7.08. The maximum absolute atomic E-state index is 4.81. The molecule has 2 rings (SSSR count). The fraction of sp³-hybridized carbons (Fsp3) is 0.750. The number of hydrogen-bond donors (Lipinski definition) is 1. The van der Waals surface area contributed by atoms with Crippen molar-refractivity contribution in [2.45, 2.75) is 45.1 Å². The van der Waals surface area contributed by atoms with Gasteiger partial charge in [-0.3, -0.25) is 0 Å². The molecule has 0 amide bonds. The third kappa shape index (κ3) is 3.84. The molecule has 0 aromatic carbocycles. The van der Waals surface area contributed by atoms with Crippen molar-refractivity contribution in [2.24, 2.45) is 0 Å². The summed E-state index contributed by atoms with van der Waals surface area (Å²) in [6, 6.07) is 2.61. The van der Waals surface area contributed by atoms with Crippen LogP contribution in [0.3, 0.4) is 0 Å². The van der Waals surface area contributed by atoms with E-state index in [1.807, 2.05) is 13.1 Å². The van der Waals surface area contributed by atoms with Crippen LogP contribution in [0.2, 0.25) is 0 Å². The molecule has 1 aromatic heterocycles. The number of likely N-dealkylation sites (tertiary alicyclic amines) is 1. The molecular weight excluding hydrogens is 262 g/mol. The molecule has 1 aromatic rings. The van der Waals surface area contributed by atoms with Crippen LogP contribution in [0.5, 0.6) is 0 Å². The van der Waals surface area contributed by atoms with E-state index in [1.54, 1.807) is 0 Å². The Kier molecular flexibility index (Phi) is 4.71. The average Bonchev–Trinajstić information content (AvgIpc) is 2.46. The summed E-state index contributed by atoms with van der Waals surface area (Å²) >= 11 is 0. The van der Waals surface area contributed by atoms with Crippen molar-refractivity contribution in [3.63, 3.8) is 0 Å². The highest BCUT2D eigenvalue weighted by Crippen LogP contribution is 2.26. The highest BCUT2D eigenvalue weighted by molar-refractivity contribution is 5.50. The van der Waals surface area contributed by atoms with E-state index in [-0.39, 0.29) is 5.41 Å². The number of aromatic nitrogens is 2. The number of nitrogens with zero attached hydrogens (tertiary/aromatic N) is 4. The molecule has 118 valence electrons. The van der Waals surface area contributed by atoms with Gasteiger partial charge < -0.3 is 15.1 Å². The highest BCUT2D eigenvalue weighted by Gasteiger charge is 2.24. The summed E-state index contributed by atoms with van der Waals surface area (Å²) in [5.41, 5.74) is -0.0464. The molecule has 5 nitrogen and oxygen atoms in total. The molecule has 0 spiro atoms. The van der Waals surface area contributed by atoms with E-state index in [1.165, 1.54) is 12.8 Å². The number of anilines is 2. The van der Waals surface area contributed by atoms with Crippen molar-refractivity contribution in [2.75, 3.05) is 44.4 Å². The first-order valence-electron chi connectivity index (χ1n) is 7.80. The number of piperidine rings is 1. The van der Waals surface area contributed by atoms with Gasteiger partial charge in [-0.25, -0.2) is 9.97 Å². The van der Waals surface area contributed by atoms with Crippen molar-refractivity contribution >= 4 is 11.6 Å². The average molecular weight is 291 g/mol. The topological polar surface area (TPSA) is 44.3 Å². The van der Waals surface area contributed by atoms with Crippen molar-refractivity contribution in [3.05, 3.63) is 11.9 Å². The lowest BCUT2D eigenvalue weighted by molar-refractivity contribution is 0.252. The lowest BCUT2D eigenvalue weighted by Crippen LogP contribution is -2.42. The van der Waals surface area contributed by atoms with Crippen LogP contribution in [0, 0.1) is 0 Å². The Morgan fingerprint density at radius 3 is 2.38 bits per heavy atom. The molecule has 0 saturated carbocycles. The lowest BCUT2D eigenvalue weighted by atomic mass is 9.95. The predicted octanol–water partition coefficient (Wildman–Crippen LogP) is 2.35. The Labute approximate surface area is 128 Å². The van der Waals surface area contributed by atoms with Crippen LogP contribution in [0.4, 0.5) is 11.6 Å². The van der Waals surface area contributed by atoms with Crippen molar-refractivity contribution in [1.29, 1.82) is 0 Å². The van der Waals surface area contributed by atoms with Crippen molar-refractivity contribution in [1.82, 2.24) is 14.9 Å². The molecule has 0 radical (unpaired) electrons. The molecular formula is C16H29N5. The standard InChI is InChI=1S/C16H29N5/c1-16(2,3)15-18-13(17-4)11-14(19-15)21(6)12-7-9-20(5)10-8-12/h11-12H,7-10H2,1-6H3,(H,17,18,19). The van der Waals surface area contributed by atoms with E-state index < -0.39 is 0 Å². The fourth-order valence-electron chi connectivity index (χ4n) is 2.65. The van der Waals surface area contributed by atoms with Gasteiger partial charge in [0, 0.05) is 31.6 Å². The van der Waals surface area contributed by atoms with Gasteiger partial charge in [0.2, 0.25) is 0 Å². The van der Waals surface area contributed by atoms with Gasteiger partial charge in [-0.15, -0.1) is 0 Å².